The first-order chi connectivity index (χ1) is 7.63. The van der Waals surface area contributed by atoms with Gasteiger partial charge in [0.05, 0.1) is 11.8 Å². The summed E-state index contributed by atoms with van der Waals surface area (Å²) in [5.74, 6) is 2.36. The number of amides is 1. The third-order valence-corrected chi connectivity index (χ3v) is 3.18. The maximum atomic E-state index is 11.5. The number of carbonyl (C=O) groups excluding carboxylic acids is 1. The number of terminal acetylenes is 1. The molecule has 1 aromatic rings. The van der Waals surface area contributed by atoms with Crippen molar-refractivity contribution in [2.75, 3.05) is 6.54 Å². The first kappa shape index (κ1) is 12.7. The molecule has 0 aliphatic carbocycles. The molecule has 0 saturated carbocycles. The van der Waals surface area contributed by atoms with Gasteiger partial charge in [0.2, 0.25) is 5.91 Å². The molecule has 16 heavy (non-hydrogen) atoms. The fourth-order valence-electron chi connectivity index (χ4n) is 1.16. The first-order valence-electron chi connectivity index (χ1n) is 5.08. The number of aryl methyl sites for hydroxylation is 1. The second-order valence-corrected chi connectivity index (χ2v) is 4.91. The minimum absolute atomic E-state index is 0.0245. The van der Waals surface area contributed by atoms with Crippen LogP contribution in [0.1, 0.15) is 12.5 Å². The normalized spacial score (nSPS) is 11.6. The zero-order valence-electron chi connectivity index (χ0n) is 9.49. The predicted octanol–water partition coefficient (Wildman–Crippen LogP) is 2.23. The summed E-state index contributed by atoms with van der Waals surface area (Å²) in [4.78, 5) is 12.6. The average Bonchev–Trinajstić information content (AvgIpc) is 2.29. The van der Waals surface area contributed by atoms with Crippen LogP contribution in [0.25, 0.3) is 0 Å². The second kappa shape index (κ2) is 6.24. The van der Waals surface area contributed by atoms with Gasteiger partial charge in [-0.1, -0.05) is 23.6 Å². The highest BCUT2D eigenvalue weighted by Crippen LogP contribution is 2.23. The number of carbonyl (C=O) groups is 1. The Balaban J connectivity index is 2.51. The minimum Gasteiger partial charge on any atom is -0.344 e. The molecule has 0 radical (unpaired) electrons. The van der Waals surface area contributed by atoms with Crippen molar-refractivity contribution in [1.29, 1.82) is 0 Å². The Bertz CT molecular complexity index is 391. The lowest BCUT2D eigenvalue weighted by Gasteiger charge is -2.10. The van der Waals surface area contributed by atoms with Crippen LogP contribution in [0.5, 0.6) is 0 Å². The van der Waals surface area contributed by atoms with Gasteiger partial charge >= 0.3 is 0 Å². The Kier molecular flexibility index (Phi) is 4.94. The zero-order valence-corrected chi connectivity index (χ0v) is 10.3. The van der Waals surface area contributed by atoms with Crippen molar-refractivity contribution in [3.63, 3.8) is 0 Å². The van der Waals surface area contributed by atoms with E-state index < -0.39 is 0 Å². The van der Waals surface area contributed by atoms with Crippen LogP contribution in [0.4, 0.5) is 0 Å². The van der Waals surface area contributed by atoms with Crippen LogP contribution in [-0.4, -0.2) is 17.7 Å². The van der Waals surface area contributed by atoms with E-state index in [-0.39, 0.29) is 17.7 Å². The molecule has 0 spiro atoms. The fraction of sp³-hybridized carbons (Fsp3) is 0.308. The summed E-state index contributed by atoms with van der Waals surface area (Å²) in [6.45, 7) is 4.20. The van der Waals surface area contributed by atoms with Gasteiger partial charge in [0.25, 0.3) is 0 Å². The summed E-state index contributed by atoms with van der Waals surface area (Å²) >= 11 is 1.53. The molecule has 3 heteroatoms. The van der Waals surface area contributed by atoms with Gasteiger partial charge in [0, 0.05) is 4.90 Å². The number of rotatable bonds is 4. The average molecular weight is 233 g/mol. The van der Waals surface area contributed by atoms with Crippen molar-refractivity contribution >= 4 is 17.7 Å². The number of thioether (sulfide) groups is 1. The molecule has 1 rings (SSSR count). The number of nitrogens with one attached hydrogen (secondary N) is 1. The van der Waals surface area contributed by atoms with E-state index in [2.05, 4.69) is 11.2 Å². The van der Waals surface area contributed by atoms with Gasteiger partial charge in [-0.25, -0.2) is 0 Å². The Hall–Kier alpha value is -1.40. The van der Waals surface area contributed by atoms with E-state index in [1.54, 1.807) is 0 Å². The standard InChI is InChI=1S/C13H15NOS/c1-4-9-14-13(15)11(3)16-12-7-5-10(2)6-8-12/h1,5-8,11H,9H2,2-3H3,(H,14,15). The Morgan fingerprint density at radius 2 is 2.12 bits per heavy atom. The van der Waals surface area contributed by atoms with Crippen LogP contribution in [0, 0.1) is 19.3 Å². The van der Waals surface area contributed by atoms with E-state index in [4.69, 9.17) is 6.42 Å². The van der Waals surface area contributed by atoms with Crippen molar-refractivity contribution in [2.45, 2.75) is 24.0 Å². The number of hydrogen-bond donors (Lipinski definition) is 1. The molecule has 2 nitrogen and oxygen atoms in total. The zero-order chi connectivity index (χ0) is 12.0. The minimum atomic E-state index is -0.129. The summed E-state index contributed by atoms with van der Waals surface area (Å²) in [5.41, 5.74) is 1.22. The molecule has 84 valence electrons. The van der Waals surface area contributed by atoms with Crippen LogP contribution in [0.15, 0.2) is 29.2 Å². The lowest BCUT2D eigenvalue weighted by Crippen LogP contribution is -2.30. The molecule has 1 unspecified atom stereocenters. The molecule has 0 bridgehead atoms. The molecule has 0 aliphatic heterocycles. The molecule has 1 amide bonds. The van der Waals surface area contributed by atoms with E-state index in [0.29, 0.717) is 0 Å². The molecular weight excluding hydrogens is 218 g/mol. The summed E-state index contributed by atoms with van der Waals surface area (Å²) < 4.78 is 0. The highest BCUT2D eigenvalue weighted by molar-refractivity contribution is 8.00. The Morgan fingerprint density at radius 3 is 2.69 bits per heavy atom. The smallest absolute Gasteiger partial charge is 0.233 e. The molecule has 0 fully saturated rings. The van der Waals surface area contributed by atoms with Crippen molar-refractivity contribution in [2.24, 2.45) is 0 Å². The van der Waals surface area contributed by atoms with Gasteiger partial charge in [-0.05, 0) is 26.0 Å². The fourth-order valence-corrected chi connectivity index (χ4v) is 2.05. The van der Waals surface area contributed by atoms with Gasteiger partial charge in [-0.15, -0.1) is 18.2 Å². The highest BCUT2D eigenvalue weighted by Gasteiger charge is 2.12. The Labute approximate surface area is 101 Å². The van der Waals surface area contributed by atoms with Gasteiger partial charge in [-0.3, -0.25) is 4.79 Å². The third kappa shape index (κ3) is 4.00. The molecule has 0 aliphatic rings. The summed E-state index contributed by atoms with van der Waals surface area (Å²) in [7, 11) is 0. The summed E-state index contributed by atoms with van der Waals surface area (Å²) in [5, 5.41) is 2.54. The maximum absolute atomic E-state index is 11.5. The van der Waals surface area contributed by atoms with Gasteiger partial charge < -0.3 is 5.32 Å². The monoisotopic (exact) mass is 233 g/mol. The lowest BCUT2D eigenvalue weighted by molar-refractivity contribution is -0.120. The summed E-state index contributed by atoms with van der Waals surface area (Å²) in [6, 6.07) is 8.11. The van der Waals surface area contributed by atoms with Crippen molar-refractivity contribution in [3.05, 3.63) is 29.8 Å². The second-order valence-electron chi connectivity index (χ2n) is 3.50. The van der Waals surface area contributed by atoms with E-state index in [9.17, 15) is 4.79 Å². The van der Waals surface area contributed by atoms with Gasteiger partial charge in [-0.2, -0.15) is 0 Å². The molecule has 0 heterocycles. The van der Waals surface area contributed by atoms with Crippen LogP contribution < -0.4 is 5.32 Å². The van der Waals surface area contributed by atoms with Crippen LogP contribution in [0.3, 0.4) is 0 Å². The SMILES string of the molecule is C#CCNC(=O)C(C)Sc1ccc(C)cc1. The Morgan fingerprint density at radius 1 is 1.50 bits per heavy atom. The van der Waals surface area contributed by atoms with Crippen LogP contribution in [0.2, 0.25) is 0 Å². The quantitative estimate of drug-likeness (QED) is 0.638. The van der Waals surface area contributed by atoms with Crippen molar-refractivity contribution in [3.8, 4) is 12.3 Å². The predicted molar refractivity (Wildman–Crippen MR) is 68.3 cm³/mol. The van der Waals surface area contributed by atoms with Crippen molar-refractivity contribution in [1.82, 2.24) is 5.32 Å². The topological polar surface area (TPSA) is 29.1 Å². The van der Waals surface area contributed by atoms with Crippen LogP contribution in [-0.2, 0) is 4.79 Å². The number of benzene rings is 1. The molecule has 1 atom stereocenters. The van der Waals surface area contributed by atoms with E-state index >= 15 is 0 Å². The van der Waals surface area contributed by atoms with Crippen LogP contribution >= 0.6 is 11.8 Å². The van der Waals surface area contributed by atoms with E-state index in [1.165, 1.54) is 17.3 Å². The molecule has 0 saturated heterocycles. The largest absolute Gasteiger partial charge is 0.344 e. The van der Waals surface area contributed by atoms with Gasteiger partial charge in [0.15, 0.2) is 0 Å². The molecular formula is C13H15NOS. The van der Waals surface area contributed by atoms with Gasteiger partial charge in [0.1, 0.15) is 0 Å². The van der Waals surface area contributed by atoms with E-state index in [0.717, 1.165) is 4.90 Å². The highest BCUT2D eigenvalue weighted by atomic mass is 32.2. The van der Waals surface area contributed by atoms with Crippen molar-refractivity contribution < 1.29 is 4.79 Å². The molecule has 0 aromatic heterocycles. The van der Waals surface area contributed by atoms with E-state index in [1.807, 2.05) is 38.1 Å². The molecule has 1 aromatic carbocycles. The first-order valence-corrected chi connectivity index (χ1v) is 5.96. The lowest BCUT2D eigenvalue weighted by atomic mass is 10.2. The molecule has 1 N–H and O–H groups in total. The maximum Gasteiger partial charge on any atom is 0.233 e. The number of hydrogen-bond acceptors (Lipinski definition) is 2. The summed E-state index contributed by atoms with van der Waals surface area (Å²) in [6.07, 6.45) is 5.07. The third-order valence-electron chi connectivity index (χ3n) is 2.07.